The van der Waals surface area contributed by atoms with Crippen LogP contribution in [0.4, 0.5) is 0 Å². The van der Waals surface area contributed by atoms with Gasteiger partial charge in [-0.05, 0) is 24.1 Å². The van der Waals surface area contributed by atoms with E-state index in [-0.39, 0.29) is 0 Å². The maximum atomic E-state index is 11.4. The van der Waals surface area contributed by atoms with Gasteiger partial charge in [0.2, 0.25) is 5.16 Å². The third-order valence-corrected chi connectivity index (χ3v) is 3.58. The van der Waals surface area contributed by atoms with E-state index in [2.05, 4.69) is 23.2 Å². The van der Waals surface area contributed by atoms with Crippen LogP contribution in [0.3, 0.4) is 0 Å². The van der Waals surface area contributed by atoms with Crippen molar-refractivity contribution in [1.29, 1.82) is 0 Å². The normalized spacial score (nSPS) is 12.3. The number of hydrogen-bond acceptors (Lipinski definition) is 4. The molecule has 2 rings (SSSR count). The maximum absolute atomic E-state index is 11.4. The number of rotatable bonds is 6. The van der Waals surface area contributed by atoms with Crippen LogP contribution in [-0.2, 0) is 23.8 Å². The van der Waals surface area contributed by atoms with Gasteiger partial charge in [-0.3, -0.25) is 4.21 Å². The van der Waals surface area contributed by atoms with Gasteiger partial charge in [-0.1, -0.05) is 19.1 Å². The number of benzene rings is 1. The van der Waals surface area contributed by atoms with Crippen molar-refractivity contribution in [3.8, 4) is 5.75 Å². The second kappa shape index (κ2) is 6.47. The summed E-state index contributed by atoms with van der Waals surface area (Å²) in [5.74, 6) is 0.853. The zero-order chi connectivity index (χ0) is 13.7. The van der Waals surface area contributed by atoms with Gasteiger partial charge in [0.1, 0.15) is 18.7 Å². The fourth-order valence-corrected chi connectivity index (χ4v) is 2.37. The van der Waals surface area contributed by atoms with E-state index in [4.69, 9.17) is 4.74 Å². The molecule has 102 valence electrons. The van der Waals surface area contributed by atoms with E-state index in [0.29, 0.717) is 18.3 Å². The van der Waals surface area contributed by atoms with Crippen molar-refractivity contribution in [2.75, 3.05) is 12.9 Å². The van der Waals surface area contributed by atoms with Crippen LogP contribution >= 0.6 is 0 Å². The van der Waals surface area contributed by atoms with E-state index in [1.807, 2.05) is 18.2 Å². The molecule has 0 saturated carbocycles. The Morgan fingerprint density at radius 3 is 3.00 bits per heavy atom. The second-order valence-corrected chi connectivity index (χ2v) is 5.38. The summed E-state index contributed by atoms with van der Waals surface area (Å²) >= 11 is 0. The highest BCUT2D eigenvalue weighted by molar-refractivity contribution is 7.84. The summed E-state index contributed by atoms with van der Waals surface area (Å²) in [6.07, 6.45) is 4.15. The van der Waals surface area contributed by atoms with Crippen molar-refractivity contribution >= 4 is 10.8 Å². The summed E-state index contributed by atoms with van der Waals surface area (Å²) in [6, 6.07) is 8.03. The lowest BCUT2D eigenvalue weighted by molar-refractivity contribution is 0.293. The average Bonchev–Trinajstić information content (AvgIpc) is 2.87. The Hall–Kier alpha value is -1.69. The predicted octanol–water partition coefficient (Wildman–Crippen LogP) is 1.66. The van der Waals surface area contributed by atoms with Gasteiger partial charge in [-0.2, -0.15) is 0 Å². The van der Waals surface area contributed by atoms with Gasteiger partial charge in [0.05, 0.1) is 17.3 Å². The van der Waals surface area contributed by atoms with Gasteiger partial charge in [-0.25, -0.2) is 0 Å². The fraction of sp³-hybridized carbons (Fsp3) is 0.385. The molecule has 0 amide bonds. The fourth-order valence-electron chi connectivity index (χ4n) is 1.74. The number of aromatic nitrogens is 3. The molecule has 0 spiro atoms. The van der Waals surface area contributed by atoms with Gasteiger partial charge in [0.25, 0.3) is 0 Å². The lowest BCUT2D eigenvalue weighted by Gasteiger charge is -2.08. The summed E-state index contributed by atoms with van der Waals surface area (Å²) < 4.78 is 18.8. The van der Waals surface area contributed by atoms with E-state index in [1.165, 1.54) is 5.56 Å². The Morgan fingerprint density at radius 2 is 2.26 bits per heavy atom. The molecule has 1 aromatic carbocycles. The van der Waals surface area contributed by atoms with Crippen LogP contribution in [0.2, 0.25) is 0 Å². The Balaban J connectivity index is 1.92. The second-order valence-electron chi connectivity index (χ2n) is 4.11. The Bertz CT molecular complexity index is 569. The highest BCUT2D eigenvalue weighted by atomic mass is 32.2. The molecule has 6 heteroatoms. The molecule has 1 aromatic heterocycles. The topological polar surface area (TPSA) is 57.0 Å². The first-order chi connectivity index (χ1) is 9.20. The molecule has 0 aliphatic carbocycles. The molecule has 1 atom stereocenters. The van der Waals surface area contributed by atoms with Gasteiger partial charge in [-0.15, -0.1) is 10.2 Å². The first-order valence-corrected chi connectivity index (χ1v) is 7.69. The van der Waals surface area contributed by atoms with Gasteiger partial charge < -0.3 is 9.30 Å². The molecule has 1 heterocycles. The van der Waals surface area contributed by atoms with Gasteiger partial charge in [0.15, 0.2) is 0 Å². The van der Waals surface area contributed by atoms with E-state index >= 15 is 0 Å². The zero-order valence-corrected chi connectivity index (χ0v) is 11.9. The quantitative estimate of drug-likeness (QED) is 0.807. The SMILES string of the molecule is CCc1cccc(OCCn2cnnc2S(C)=O)c1. The van der Waals surface area contributed by atoms with Crippen molar-refractivity contribution in [2.24, 2.45) is 0 Å². The van der Waals surface area contributed by atoms with Crippen molar-refractivity contribution in [3.63, 3.8) is 0 Å². The lowest BCUT2D eigenvalue weighted by Crippen LogP contribution is -2.11. The molecule has 0 bridgehead atoms. The third kappa shape index (κ3) is 3.64. The lowest BCUT2D eigenvalue weighted by atomic mass is 10.2. The first-order valence-electron chi connectivity index (χ1n) is 6.13. The first kappa shape index (κ1) is 13.7. The van der Waals surface area contributed by atoms with E-state index < -0.39 is 10.8 Å². The smallest absolute Gasteiger partial charge is 0.221 e. The van der Waals surface area contributed by atoms with Crippen molar-refractivity contribution < 1.29 is 8.95 Å². The zero-order valence-electron chi connectivity index (χ0n) is 11.1. The number of hydrogen-bond donors (Lipinski definition) is 0. The number of aryl methyl sites for hydroxylation is 1. The molecule has 0 fully saturated rings. The van der Waals surface area contributed by atoms with E-state index in [1.54, 1.807) is 17.2 Å². The van der Waals surface area contributed by atoms with Crippen molar-refractivity contribution in [1.82, 2.24) is 14.8 Å². The molecule has 1 unspecified atom stereocenters. The molecule has 2 aromatic rings. The van der Waals surface area contributed by atoms with Crippen LogP contribution < -0.4 is 4.74 Å². The third-order valence-electron chi connectivity index (χ3n) is 2.74. The largest absolute Gasteiger partial charge is 0.492 e. The maximum Gasteiger partial charge on any atom is 0.221 e. The Kier molecular flexibility index (Phi) is 4.68. The Labute approximate surface area is 115 Å². The number of nitrogens with zero attached hydrogens (tertiary/aromatic N) is 3. The van der Waals surface area contributed by atoms with Crippen LogP contribution in [0.1, 0.15) is 12.5 Å². The van der Waals surface area contributed by atoms with Crippen molar-refractivity contribution in [2.45, 2.75) is 25.0 Å². The van der Waals surface area contributed by atoms with Crippen LogP contribution in [0.15, 0.2) is 35.7 Å². The van der Waals surface area contributed by atoms with E-state index in [0.717, 1.165) is 12.2 Å². The Morgan fingerprint density at radius 1 is 1.42 bits per heavy atom. The summed E-state index contributed by atoms with van der Waals surface area (Å²) in [4.78, 5) is 0. The highest BCUT2D eigenvalue weighted by Crippen LogP contribution is 2.13. The average molecular weight is 279 g/mol. The van der Waals surface area contributed by atoms with Crippen LogP contribution in [-0.4, -0.2) is 31.8 Å². The van der Waals surface area contributed by atoms with Crippen LogP contribution in [0, 0.1) is 0 Å². The predicted molar refractivity (Wildman–Crippen MR) is 73.7 cm³/mol. The standard InChI is InChI=1S/C13H17N3O2S/c1-3-11-5-4-6-12(9-11)18-8-7-16-10-14-15-13(16)19(2)17/h4-6,9-10H,3,7-8H2,1-2H3. The van der Waals surface area contributed by atoms with Crippen LogP contribution in [0.5, 0.6) is 5.75 Å². The van der Waals surface area contributed by atoms with Gasteiger partial charge >= 0.3 is 0 Å². The van der Waals surface area contributed by atoms with Gasteiger partial charge in [0, 0.05) is 6.26 Å². The molecule has 0 saturated heterocycles. The molecule has 19 heavy (non-hydrogen) atoms. The van der Waals surface area contributed by atoms with E-state index in [9.17, 15) is 4.21 Å². The molecule has 0 N–H and O–H groups in total. The summed E-state index contributed by atoms with van der Waals surface area (Å²) in [5.41, 5.74) is 1.25. The summed E-state index contributed by atoms with van der Waals surface area (Å²) in [7, 11) is -1.13. The molecule has 0 aliphatic heterocycles. The minimum Gasteiger partial charge on any atom is -0.492 e. The molecular weight excluding hydrogens is 262 g/mol. The molecular formula is C13H17N3O2S. The van der Waals surface area contributed by atoms with Crippen LogP contribution in [0.25, 0.3) is 0 Å². The minimum atomic E-state index is -1.13. The van der Waals surface area contributed by atoms with Crippen molar-refractivity contribution in [3.05, 3.63) is 36.2 Å². The minimum absolute atomic E-state index is 0.478. The summed E-state index contributed by atoms with van der Waals surface area (Å²) in [6.45, 7) is 3.19. The summed E-state index contributed by atoms with van der Waals surface area (Å²) in [5, 5.41) is 8.06. The monoisotopic (exact) mass is 279 g/mol. The highest BCUT2D eigenvalue weighted by Gasteiger charge is 2.07. The molecule has 0 radical (unpaired) electrons. The molecule has 5 nitrogen and oxygen atoms in total. The number of ether oxygens (including phenoxy) is 1. The molecule has 0 aliphatic rings.